The Bertz CT molecular complexity index is 298. The van der Waals surface area contributed by atoms with Crippen LogP contribution in [0.2, 0.25) is 0 Å². The Balaban J connectivity index is 1.44. The summed E-state index contributed by atoms with van der Waals surface area (Å²) in [5.41, 5.74) is 0. The van der Waals surface area contributed by atoms with Crippen molar-refractivity contribution in [1.29, 1.82) is 0 Å². The maximum absolute atomic E-state index is 11.7. The van der Waals surface area contributed by atoms with Gasteiger partial charge in [-0.3, -0.25) is 4.79 Å². The first kappa shape index (κ1) is 16.7. The van der Waals surface area contributed by atoms with Crippen LogP contribution in [0.3, 0.4) is 0 Å². The Morgan fingerprint density at radius 2 is 1.81 bits per heavy atom. The number of hydrogen-bond acceptors (Lipinski definition) is 4. The van der Waals surface area contributed by atoms with Crippen LogP contribution in [0.1, 0.15) is 39.0 Å². The molecule has 2 aliphatic rings. The second-order valence-corrected chi connectivity index (χ2v) is 6.20. The maximum Gasteiger partial charge on any atom is 0.246 e. The van der Waals surface area contributed by atoms with Gasteiger partial charge in [0.1, 0.15) is 6.61 Å². The summed E-state index contributed by atoms with van der Waals surface area (Å²) >= 11 is 0. The lowest BCUT2D eigenvalue weighted by atomic mass is 10.3. The fourth-order valence-electron chi connectivity index (χ4n) is 3.16. The normalized spacial score (nSPS) is 21.8. The molecule has 1 heterocycles. The summed E-state index contributed by atoms with van der Waals surface area (Å²) in [5.74, 6) is 0.0395. The second-order valence-electron chi connectivity index (χ2n) is 6.20. The van der Waals surface area contributed by atoms with Gasteiger partial charge in [-0.2, -0.15) is 0 Å². The zero-order chi connectivity index (χ0) is 14.9. The SMILES string of the molecule is CCN1CCN(CCCNC(=O)COC2CCCC2)CC1. The fourth-order valence-corrected chi connectivity index (χ4v) is 3.16. The summed E-state index contributed by atoms with van der Waals surface area (Å²) in [6.07, 6.45) is 6.09. The van der Waals surface area contributed by atoms with Gasteiger partial charge >= 0.3 is 0 Å². The quantitative estimate of drug-likeness (QED) is 0.681. The number of ether oxygens (including phenoxy) is 1. The average molecular weight is 297 g/mol. The zero-order valence-electron chi connectivity index (χ0n) is 13.5. The standard InChI is InChI=1S/C16H31N3O2/c1-2-18-10-12-19(13-11-18)9-5-8-17-16(20)14-21-15-6-3-4-7-15/h15H,2-14H2,1H3,(H,17,20). The van der Waals surface area contributed by atoms with E-state index in [1.807, 2.05) is 0 Å². The minimum absolute atomic E-state index is 0.0395. The van der Waals surface area contributed by atoms with Crippen molar-refractivity contribution in [3.8, 4) is 0 Å². The molecule has 0 spiro atoms. The van der Waals surface area contributed by atoms with Crippen LogP contribution in [0.15, 0.2) is 0 Å². The van der Waals surface area contributed by atoms with Crippen molar-refractivity contribution >= 4 is 5.91 Å². The number of carbonyl (C=O) groups excluding carboxylic acids is 1. The van der Waals surface area contributed by atoms with E-state index in [9.17, 15) is 4.79 Å². The first-order chi connectivity index (χ1) is 10.3. The highest BCUT2D eigenvalue weighted by atomic mass is 16.5. The van der Waals surface area contributed by atoms with Crippen LogP contribution in [0.5, 0.6) is 0 Å². The van der Waals surface area contributed by atoms with Gasteiger partial charge in [0.2, 0.25) is 5.91 Å². The van der Waals surface area contributed by atoms with E-state index < -0.39 is 0 Å². The lowest BCUT2D eigenvalue weighted by Gasteiger charge is -2.33. The van der Waals surface area contributed by atoms with Crippen LogP contribution in [-0.4, -0.2) is 74.2 Å². The summed E-state index contributed by atoms with van der Waals surface area (Å²) in [4.78, 5) is 16.7. The number of nitrogens with zero attached hydrogens (tertiary/aromatic N) is 2. The minimum Gasteiger partial charge on any atom is -0.368 e. The molecule has 1 saturated carbocycles. The van der Waals surface area contributed by atoms with Gasteiger partial charge < -0.3 is 19.9 Å². The Kier molecular flexibility index (Phi) is 7.47. The number of hydrogen-bond donors (Lipinski definition) is 1. The van der Waals surface area contributed by atoms with E-state index in [0.717, 1.165) is 52.0 Å². The molecule has 1 aliphatic heterocycles. The monoisotopic (exact) mass is 297 g/mol. The van der Waals surface area contributed by atoms with Crippen LogP contribution in [0, 0.1) is 0 Å². The third-order valence-corrected chi connectivity index (χ3v) is 4.64. The number of likely N-dealkylation sites (N-methyl/N-ethyl adjacent to an activating group) is 1. The summed E-state index contributed by atoms with van der Waals surface area (Å²) in [6, 6.07) is 0. The third-order valence-electron chi connectivity index (χ3n) is 4.64. The van der Waals surface area contributed by atoms with E-state index >= 15 is 0 Å². The van der Waals surface area contributed by atoms with Crippen LogP contribution in [-0.2, 0) is 9.53 Å². The van der Waals surface area contributed by atoms with Gasteiger partial charge in [-0.05, 0) is 32.4 Å². The molecule has 1 N–H and O–H groups in total. The zero-order valence-corrected chi connectivity index (χ0v) is 13.5. The molecule has 5 nitrogen and oxygen atoms in total. The molecule has 0 aromatic heterocycles. The fraction of sp³-hybridized carbons (Fsp3) is 0.938. The van der Waals surface area contributed by atoms with Crippen molar-refractivity contribution in [2.45, 2.75) is 45.1 Å². The van der Waals surface area contributed by atoms with Crippen molar-refractivity contribution < 1.29 is 9.53 Å². The van der Waals surface area contributed by atoms with Crippen LogP contribution >= 0.6 is 0 Å². The molecule has 0 atom stereocenters. The molecule has 0 bridgehead atoms. The van der Waals surface area contributed by atoms with E-state index in [-0.39, 0.29) is 12.5 Å². The topological polar surface area (TPSA) is 44.8 Å². The number of amides is 1. The molecule has 1 saturated heterocycles. The molecular weight excluding hydrogens is 266 g/mol. The van der Waals surface area contributed by atoms with Crippen molar-refractivity contribution in [2.24, 2.45) is 0 Å². The van der Waals surface area contributed by atoms with Crippen LogP contribution in [0.25, 0.3) is 0 Å². The highest BCUT2D eigenvalue weighted by molar-refractivity contribution is 5.77. The largest absolute Gasteiger partial charge is 0.368 e. The van der Waals surface area contributed by atoms with Gasteiger partial charge in [0, 0.05) is 32.7 Å². The van der Waals surface area contributed by atoms with Gasteiger partial charge in [0.05, 0.1) is 6.10 Å². The summed E-state index contributed by atoms with van der Waals surface area (Å²) < 4.78 is 5.61. The predicted octanol–water partition coefficient (Wildman–Crippen LogP) is 1.09. The van der Waals surface area contributed by atoms with Gasteiger partial charge in [-0.15, -0.1) is 0 Å². The molecule has 1 amide bonds. The highest BCUT2D eigenvalue weighted by Crippen LogP contribution is 2.20. The van der Waals surface area contributed by atoms with Crippen LogP contribution < -0.4 is 5.32 Å². The number of carbonyl (C=O) groups is 1. The van der Waals surface area contributed by atoms with E-state index in [1.165, 1.54) is 25.9 Å². The molecule has 0 aromatic rings. The molecule has 122 valence electrons. The first-order valence-electron chi connectivity index (χ1n) is 8.61. The lowest BCUT2D eigenvalue weighted by Crippen LogP contribution is -2.46. The molecular formula is C16H31N3O2. The summed E-state index contributed by atoms with van der Waals surface area (Å²) in [5, 5.41) is 2.97. The van der Waals surface area contributed by atoms with Gasteiger partial charge in [-0.1, -0.05) is 19.8 Å². The van der Waals surface area contributed by atoms with Crippen molar-refractivity contribution in [3.63, 3.8) is 0 Å². The Morgan fingerprint density at radius 1 is 1.14 bits per heavy atom. The van der Waals surface area contributed by atoms with Crippen molar-refractivity contribution in [3.05, 3.63) is 0 Å². The lowest BCUT2D eigenvalue weighted by molar-refractivity contribution is -0.127. The first-order valence-corrected chi connectivity index (χ1v) is 8.61. The molecule has 1 aliphatic carbocycles. The van der Waals surface area contributed by atoms with Crippen molar-refractivity contribution in [2.75, 3.05) is 52.4 Å². The minimum atomic E-state index is 0.0395. The molecule has 21 heavy (non-hydrogen) atoms. The Hall–Kier alpha value is -0.650. The van der Waals surface area contributed by atoms with Crippen molar-refractivity contribution in [1.82, 2.24) is 15.1 Å². The number of piperazine rings is 1. The second kappa shape index (κ2) is 9.38. The van der Waals surface area contributed by atoms with E-state index in [4.69, 9.17) is 4.74 Å². The maximum atomic E-state index is 11.7. The molecule has 2 fully saturated rings. The summed E-state index contributed by atoms with van der Waals surface area (Å²) in [6.45, 7) is 10.1. The molecule has 2 rings (SSSR count). The third kappa shape index (κ3) is 6.32. The van der Waals surface area contributed by atoms with Crippen LogP contribution in [0.4, 0.5) is 0 Å². The number of nitrogens with one attached hydrogen (secondary N) is 1. The molecule has 0 unspecified atom stereocenters. The van der Waals surface area contributed by atoms with Gasteiger partial charge in [0.15, 0.2) is 0 Å². The molecule has 0 radical (unpaired) electrons. The van der Waals surface area contributed by atoms with E-state index in [1.54, 1.807) is 0 Å². The predicted molar refractivity (Wildman–Crippen MR) is 84.4 cm³/mol. The summed E-state index contributed by atoms with van der Waals surface area (Å²) in [7, 11) is 0. The Labute approximate surface area is 129 Å². The van der Waals surface area contributed by atoms with Gasteiger partial charge in [-0.25, -0.2) is 0 Å². The van der Waals surface area contributed by atoms with E-state index in [0.29, 0.717) is 6.10 Å². The smallest absolute Gasteiger partial charge is 0.246 e. The van der Waals surface area contributed by atoms with Gasteiger partial charge in [0.25, 0.3) is 0 Å². The average Bonchev–Trinajstić information content (AvgIpc) is 3.03. The highest BCUT2D eigenvalue weighted by Gasteiger charge is 2.17. The number of rotatable bonds is 8. The molecule has 5 heteroatoms. The molecule has 0 aromatic carbocycles. The Morgan fingerprint density at radius 3 is 2.48 bits per heavy atom. The van der Waals surface area contributed by atoms with E-state index in [2.05, 4.69) is 22.0 Å².